The maximum atomic E-state index is 12.7. The van der Waals surface area contributed by atoms with Crippen molar-refractivity contribution in [3.8, 4) is 23.2 Å². The molecule has 0 bridgehead atoms. The molecule has 0 aliphatic carbocycles. The van der Waals surface area contributed by atoms with Gasteiger partial charge in [0.25, 0.3) is 0 Å². The van der Waals surface area contributed by atoms with Gasteiger partial charge in [-0.15, -0.1) is 0 Å². The van der Waals surface area contributed by atoms with Crippen LogP contribution in [0.1, 0.15) is 27.3 Å². The van der Waals surface area contributed by atoms with Gasteiger partial charge in [-0.2, -0.15) is 10.2 Å². The Morgan fingerprint density at radius 2 is 2.06 bits per heavy atom. The highest BCUT2D eigenvalue weighted by molar-refractivity contribution is 6.01. The van der Waals surface area contributed by atoms with Crippen molar-refractivity contribution >= 4 is 11.6 Å². The number of hydrogen-bond acceptors (Lipinski definition) is 7. The third-order valence-electron chi connectivity index (χ3n) is 4.81. The second-order valence-corrected chi connectivity index (χ2v) is 6.95. The van der Waals surface area contributed by atoms with Gasteiger partial charge in [0.1, 0.15) is 0 Å². The maximum Gasteiger partial charge on any atom is 0.337 e. The molecule has 0 radical (unpaired) electrons. The van der Waals surface area contributed by atoms with Crippen LogP contribution >= 0.6 is 0 Å². The first-order valence-electron chi connectivity index (χ1n) is 9.70. The van der Waals surface area contributed by atoms with Crippen LogP contribution in [0.25, 0.3) is 11.1 Å². The minimum atomic E-state index is -0.385. The molecule has 0 unspecified atom stereocenters. The number of nitriles is 1. The second-order valence-electron chi connectivity index (χ2n) is 6.95. The molecule has 4 aromatic rings. The molecule has 0 aliphatic rings. The quantitative estimate of drug-likeness (QED) is 0.470. The molecule has 4 rings (SSSR count). The highest BCUT2D eigenvalue weighted by Gasteiger charge is 2.25. The van der Waals surface area contributed by atoms with Gasteiger partial charge < -0.3 is 14.6 Å². The monoisotopic (exact) mass is 427 g/mol. The summed E-state index contributed by atoms with van der Waals surface area (Å²) in [4.78, 5) is 21.2. The molecule has 9 nitrogen and oxygen atoms in total. The van der Waals surface area contributed by atoms with Crippen LogP contribution in [0.3, 0.4) is 0 Å². The van der Waals surface area contributed by atoms with E-state index in [-0.39, 0.29) is 11.6 Å². The second kappa shape index (κ2) is 9.06. The number of amides is 1. The zero-order chi connectivity index (χ0) is 22.5. The van der Waals surface area contributed by atoms with E-state index in [9.17, 15) is 4.79 Å². The number of aryl methyl sites for hydroxylation is 1. The van der Waals surface area contributed by atoms with Crippen molar-refractivity contribution < 1.29 is 18.7 Å². The lowest BCUT2D eigenvalue weighted by Gasteiger charge is -2.07. The fraction of sp³-hybridized carbons (Fsp3) is 0.130. The SMILES string of the molecule is COc1ncc(-c2ccc(C[n+]3nocc3C(=O)Nc3cccc(C#N)c3)cc2)c(C)n1. The van der Waals surface area contributed by atoms with Crippen molar-refractivity contribution in [2.45, 2.75) is 13.5 Å². The van der Waals surface area contributed by atoms with Gasteiger partial charge in [0.15, 0.2) is 5.27 Å². The standard InChI is InChI=1S/C23H18N6O3/c1-15-20(12-25-23(26-15)31-2)18-8-6-16(7-9-18)13-29-21(14-32-28-29)22(30)27-19-5-3-4-17(10-19)11-24/h3-10,12,14H,13H2,1-2H3/p+1. The molecule has 0 aliphatic heterocycles. The molecule has 1 amide bonds. The van der Waals surface area contributed by atoms with Gasteiger partial charge in [-0.25, -0.2) is 4.98 Å². The van der Waals surface area contributed by atoms with Crippen molar-refractivity contribution in [1.82, 2.24) is 15.2 Å². The summed E-state index contributed by atoms with van der Waals surface area (Å²) in [6.07, 6.45) is 3.02. The number of rotatable bonds is 6. The lowest BCUT2D eigenvalue weighted by atomic mass is 10.0. The number of methoxy groups -OCH3 is 1. The maximum absolute atomic E-state index is 12.7. The molecule has 2 aromatic heterocycles. The van der Waals surface area contributed by atoms with Crippen molar-refractivity contribution in [3.63, 3.8) is 0 Å². The molecule has 9 heteroatoms. The minimum Gasteiger partial charge on any atom is -0.467 e. The predicted octanol–water partition coefficient (Wildman–Crippen LogP) is 2.91. The molecule has 158 valence electrons. The summed E-state index contributed by atoms with van der Waals surface area (Å²) in [5.41, 5.74) is 4.85. The number of nitrogens with zero attached hydrogens (tertiary/aromatic N) is 5. The zero-order valence-corrected chi connectivity index (χ0v) is 17.4. The number of nitrogens with one attached hydrogen (secondary N) is 1. The summed E-state index contributed by atoms with van der Waals surface area (Å²) in [5, 5.41) is 15.7. The number of aromatic nitrogens is 4. The summed E-state index contributed by atoms with van der Waals surface area (Å²) in [6.45, 7) is 2.24. The van der Waals surface area contributed by atoms with Crippen molar-refractivity contribution in [3.05, 3.63) is 83.5 Å². The molecular weight excluding hydrogens is 408 g/mol. The van der Waals surface area contributed by atoms with Crippen molar-refractivity contribution in [2.75, 3.05) is 12.4 Å². The first-order valence-corrected chi connectivity index (χ1v) is 9.70. The lowest BCUT2D eigenvalue weighted by Crippen LogP contribution is -2.43. The predicted molar refractivity (Wildman–Crippen MR) is 114 cm³/mol. The average molecular weight is 427 g/mol. The van der Waals surface area contributed by atoms with Gasteiger partial charge >= 0.3 is 17.6 Å². The average Bonchev–Trinajstić information content (AvgIpc) is 3.28. The molecule has 2 aromatic carbocycles. The molecule has 32 heavy (non-hydrogen) atoms. The number of anilines is 1. The first-order chi connectivity index (χ1) is 15.6. The normalized spacial score (nSPS) is 10.4. The van der Waals surface area contributed by atoms with E-state index in [1.165, 1.54) is 18.1 Å². The number of benzene rings is 2. The highest BCUT2D eigenvalue weighted by Crippen LogP contribution is 2.23. The molecule has 0 atom stereocenters. The fourth-order valence-electron chi connectivity index (χ4n) is 3.17. The Hall–Kier alpha value is -4.58. The molecule has 0 saturated carbocycles. The molecule has 1 N–H and O–H groups in total. The highest BCUT2D eigenvalue weighted by atomic mass is 16.5. The summed E-state index contributed by atoms with van der Waals surface area (Å²) >= 11 is 0. The molecule has 0 fully saturated rings. The van der Waals surface area contributed by atoms with Crippen molar-refractivity contribution in [2.24, 2.45) is 0 Å². The van der Waals surface area contributed by atoms with Gasteiger partial charge in [0.05, 0.1) is 24.4 Å². The number of ether oxygens (including phenoxy) is 1. The smallest absolute Gasteiger partial charge is 0.337 e. The van der Waals surface area contributed by atoms with E-state index >= 15 is 0 Å². The van der Waals surface area contributed by atoms with E-state index in [2.05, 4.69) is 20.6 Å². The summed E-state index contributed by atoms with van der Waals surface area (Å²) in [5.74, 6) is -0.385. The minimum absolute atomic E-state index is 0.260. The van der Waals surface area contributed by atoms with Crippen LogP contribution in [0.5, 0.6) is 6.01 Å². The fourth-order valence-corrected chi connectivity index (χ4v) is 3.17. The summed E-state index contributed by atoms with van der Waals surface area (Å²) < 4.78 is 11.6. The Bertz CT molecular complexity index is 1310. The van der Waals surface area contributed by atoms with Crippen LogP contribution in [0, 0.1) is 18.3 Å². The summed E-state index contributed by atoms with van der Waals surface area (Å²) in [7, 11) is 1.53. The van der Waals surface area contributed by atoms with Gasteiger partial charge in [-0.3, -0.25) is 4.79 Å². The number of carbonyl (C=O) groups is 1. The van der Waals surface area contributed by atoms with E-state index < -0.39 is 0 Å². The van der Waals surface area contributed by atoms with Crippen LogP contribution in [-0.4, -0.2) is 28.3 Å². The van der Waals surface area contributed by atoms with Crippen LogP contribution < -0.4 is 14.7 Å². The summed E-state index contributed by atoms with van der Waals surface area (Å²) in [6, 6.07) is 16.8. The van der Waals surface area contributed by atoms with E-state index in [1.54, 1.807) is 30.5 Å². The molecule has 0 spiro atoms. The first kappa shape index (κ1) is 20.7. The lowest BCUT2D eigenvalue weighted by molar-refractivity contribution is -0.756. The topological polar surface area (TPSA) is 118 Å². The molecular formula is C23H19N6O3+. The Morgan fingerprint density at radius 3 is 2.78 bits per heavy atom. The van der Waals surface area contributed by atoms with E-state index in [1.807, 2.05) is 37.3 Å². The van der Waals surface area contributed by atoms with Gasteiger partial charge in [0, 0.05) is 23.0 Å². The third-order valence-corrected chi connectivity index (χ3v) is 4.81. The Morgan fingerprint density at radius 1 is 1.25 bits per heavy atom. The zero-order valence-electron chi connectivity index (χ0n) is 17.4. The van der Waals surface area contributed by atoms with Crippen LogP contribution in [0.15, 0.2) is 65.5 Å². The Balaban J connectivity index is 1.49. The van der Waals surface area contributed by atoms with E-state index in [4.69, 9.17) is 14.5 Å². The largest absolute Gasteiger partial charge is 0.467 e. The van der Waals surface area contributed by atoms with E-state index in [0.717, 1.165) is 22.4 Å². The van der Waals surface area contributed by atoms with Crippen molar-refractivity contribution in [1.29, 1.82) is 5.26 Å². The molecule has 0 saturated heterocycles. The van der Waals surface area contributed by atoms with E-state index in [0.29, 0.717) is 23.8 Å². The third kappa shape index (κ3) is 4.44. The Kier molecular flexibility index (Phi) is 5.85. The number of carbonyl (C=O) groups excluding carboxylic acids is 1. The van der Waals surface area contributed by atoms with Gasteiger partial charge in [-0.1, -0.05) is 30.3 Å². The van der Waals surface area contributed by atoms with Gasteiger partial charge in [-0.05, 0) is 35.4 Å². The number of hydrogen-bond donors (Lipinski definition) is 1. The Labute approximate surface area is 183 Å². The van der Waals surface area contributed by atoms with Crippen LogP contribution in [-0.2, 0) is 6.54 Å². The van der Waals surface area contributed by atoms with Gasteiger partial charge in [0.2, 0.25) is 12.8 Å². The molecule has 2 heterocycles. The van der Waals surface area contributed by atoms with Crippen LogP contribution in [0.4, 0.5) is 5.69 Å². The van der Waals surface area contributed by atoms with Crippen LogP contribution in [0.2, 0.25) is 0 Å².